The lowest BCUT2D eigenvalue weighted by Crippen LogP contribution is -2.24. The average Bonchev–Trinajstić information content (AvgIpc) is 2.93. The first kappa shape index (κ1) is 12.3. The van der Waals surface area contributed by atoms with Crippen LogP contribution in [-0.4, -0.2) is 27.6 Å². The van der Waals surface area contributed by atoms with Gasteiger partial charge in [-0.25, -0.2) is 4.98 Å². The molecule has 5 heteroatoms. The highest BCUT2D eigenvalue weighted by molar-refractivity contribution is 5.95. The Morgan fingerprint density at radius 2 is 2.33 bits per heavy atom. The third-order valence-corrected chi connectivity index (χ3v) is 2.63. The van der Waals surface area contributed by atoms with Crippen LogP contribution in [0, 0.1) is 0 Å². The molecule has 2 N–H and O–H groups in total. The number of hydrogen-bond donors (Lipinski definition) is 2. The number of unbranched alkanes of at least 4 members (excludes halogenated alkanes) is 1. The Hall–Kier alpha value is -2.17. The Morgan fingerprint density at radius 3 is 3.06 bits per heavy atom. The zero-order chi connectivity index (χ0) is 12.8. The van der Waals surface area contributed by atoms with Crippen LogP contribution in [0.4, 0.5) is 0 Å². The first-order valence-electron chi connectivity index (χ1n) is 6.05. The highest BCUT2D eigenvalue weighted by Gasteiger charge is 2.07. The summed E-state index contributed by atoms with van der Waals surface area (Å²) < 4.78 is 0. The maximum atomic E-state index is 11.9. The van der Waals surface area contributed by atoms with Crippen molar-refractivity contribution in [2.75, 3.05) is 6.54 Å². The topological polar surface area (TPSA) is 70.7 Å². The van der Waals surface area contributed by atoms with E-state index in [2.05, 4.69) is 27.4 Å². The van der Waals surface area contributed by atoms with Gasteiger partial charge in [-0.15, -0.1) is 0 Å². The monoisotopic (exact) mass is 244 g/mol. The van der Waals surface area contributed by atoms with E-state index in [0.29, 0.717) is 17.9 Å². The molecule has 0 unspecified atom stereocenters. The summed E-state index contributed by atoms with van der Waals surface area (Å²) in [5.74, 6) is 0.614. The number of hydrogen-bond acceptors (Lipinski definition) is 3. The van der Waals surface area contributed by atoms with E-state index in [-0.39, 0.29) is 5.91 Å². The van der Waals surface area contributed by atoms with Crippen molar-refractivity contribution in [1.82, 2.24) is 20.5 Å². The van der Waals surface area contributed by atoms with Gasteiger partial charge in [0.1, 0.15) is 6.33 Å². The van der Waals surface area contributed by atoms with Crippen molar-refractivity contribution in [2.45, 2.75) is 19.8 Å². The van der Waals surface area contributed by atoms with Gasteiger partial charge in [-0.3, -0.25) is 9.89 Å². The van der Waals surface area contributed by atoms with Crippen LogP contribution in [0.25, 0.3) is 11.4 Å². The molecule has 0 saturated carbocycles. The number of carbonyl (C=O) groups is 1. The van der Waals surface area contributed by atoms with Gasteiger partial charge in [0.05, 0.1) is 0 Å². The maximum Gasteiger partial charge on any atom is 0.251 e. The molecule has 1 aromatic heterocycles. The van der Waals surface area contributed by atoms with Crippen molar-refractivity contribution in [3.8, 4) is 11.4 Å². The largest absolute Gasteiger partial charge is 0.352 e. The summed E-state index contributed by atoms with van der Waals surface area (Å²) in [5, 5.41) is 9.46. The highest BCUT2D eigenvalue weighted by Crippen LogP contribution is 2.15. The van der Waals surface area contributed by atoms with Crippen molar-refractivity contribution >= 4 is 5.91 Å². The van der Waals surface area contributed by atoms with Gasteiger partial charge in [-0.2, -0.15) is 5.10 Å². The summed E-state index contributed by atoms with van der Waals surface area (Å²) in [6, 6.07) is 7.33. The quantitative estimate of drug-likeness (QED) is 0.790. The number of benzene rings is 1. The summed E-state index contributed by atoms with van der Waals surface area (Å²) in [7, 11) is 0. The number of carbonyl (C=O) groups excluding carboxylic acids is 1. The minimum Gasteiger partial charge on any atom is -0.352 e. The lowest BCUT2D eigenvalue weighted by molar-refractivity contribution is 0.0953. The number of amides is 1. The number of nitrogens with zero attached hydrogens (tertiary/aromatic N) is 2. The molecule has 0 aliphatic carbocycles. The fourth-order valence-electron chi connectivity index (χ4n) is 1.63. The second-order valence-corrected chi connectivity index (χ2v) is 4.02. The molecule has 0 aliphatic heterocycles. The minimum absolute atomic E-state index is 0.0511. The predicted molar refractivity (Wildman–Crippen MR) is 69.1 cm³/mol. The summed E-state index contributed by atoms with van der Waals surface area (Å²) >= 11 is 0. The maximum absolute atomic E-state index is 11.9. The fraction of sp³-hybridized carbons (Fsp3) is 0.308. The van der Waals surface area contributed by atoms with E-state index in [1.807, 2.05) is 18.2 Å². The smallest absolute Gasteiger partial charge is 0.251 e. The number of rotatable bonds is 5. The van der Waals surface area contributed by atoms with Gasteiger partial charge in [0.2, 0.25) is 0 Å². The molecule has 2 aromatic rings. The Balaban J connectivity index is 2.10. The fourth-order valence-corrected chi connectivity index (χ4v) is 1.63. The molecule has 0 radical (unpaired) electrons. The minimum atomic E-state index is -0.0511. The van der Waals surface area contributed by atoms with E-state index in [9.17, 15) is 4.79 Å². The first-order valence-corrected chi connectivity index (χ1v) is 6.05. The van der Waals surface area contributed by atoms with Gasteiger partial charge >= 0.3 is 0 Å². The molecule has 0 spiro atoms. The molecule has 1 heterocycles. The van der Waals surface area contributed by atoms with Gasteiger partial charge in [-0.1, -0.05) is 25.5 Å². The van der Waals surface area contributed by atoms with Gasteiger partial charge in [0.15, 0.2) is 5.82 Å². The highest BCUT2D eigenvalue weighted by atomic mass is 16.1. The van der Waals surface area contributed by atoms with Crippen LogP contribution < -0.4 is 5.32 Å². The van der Waals surface area contributed by atoms with Crippen molar-refractivity contribution in [3.05, 3.63) is 36.2 Å². The van der Waals surface area contributed by atoms with Gasteiger partial charge in [0.25, 0.3) is 5.91 Å². The molecule has 1 aromatic carbocycles. The second-order valence-electron chi connectivity index (χ2n) is 4.02. The van der Waals surface area contributed by atoms with Crippen molar-refractivity contribution in [1.29, 1.82) is 0 Å². The average molecular weight is 244 g/mol. The van der Waals surface area contributed by atoms with Crippen molar-refractivity contribution in [3.63, 3.8) is 0 Å². The van der Waals surface area contributed by atoms with Crippen LogP contribution in [-0.2, 0) is 0 Å². The second kappa shape index (κ2) is 5.95. The molecule has 5 nitrogen and oxygen atoms in total. The Bertz CT molecular complexity index is 507. The lowest BCUT2D eigenvalue weighted by Gasteiger charge is -2.05. The zero-order valence-corrected chi connectivity index (χ0v) is 10.3. The van der Waals surface area contributed by atoms with Crippen LogP contribution in [0.5, 0.6) is 0 Å². The van der Waals surface area contributed by atoms with E-state index in [1.165, 1.54) is 6.33 Å². The molecule has 94 valence electrons. The molecule has 18 heavy (non-hydrogen) atoms. The number of aromatic nitrogens is 3. The number of H-pyrrole nitrogens is 1. The lowest BCUT2D eigenvalue weighted by atomic mass is 10.1. The van der Waals surface area contributed by atoms with Crippen molar-refractivity contribution < 1.29 is 4.79 Å². The predicted octanol–water partition coefficient (Wildman–Crippen LogP) is 2.00. The van der Waals surface area contributed by atoms with Crippen LogP contribution >= 0.6 is 0 Å². The van der Waals surface area contributed by atoms with Gasteiger partial charge < -0.3 is 5.32 Å². The first-order chi connectivity index (χ1) is 8.81. The van der Waals surface area contributed by atoms with Crippen molar-refractivity contribution in [2.24, 2.45) is 0 Å². The molecule has 0 fully saturated rings. The summed E-state index contributed by atoms with van der Waals surface area (Å²) in [6.07, 6.45) is 3.51. The molecule has 0 saturated heterocycles. The molecular weight excluding hydrogens is 228 g/mol. The SMILES string of the molecule is CCCCNC(=O)c1cccc(-c2ncn[nH]2)c1. The van der Waals surface area contributed by atoms with E-state index in [1.54, 1.807) is 6.07 Å². The Labute approximate surface area is 106 Å². The van der Waals surface area contributed by atoms with Crippen LogP contribution in [0.15, 0.2) is 30.6 Å². The third kappa shape index (κ3) is 2.94. The van der Waals surface area contributed by atoms with Gasteiger partial charge in [-0.05, 0) is 18.6 Å². The summed E-state index contributed by atoms with van der Waals surface area (Å²) in [4.78, 5) is 15.9. The normalized spacial score (nSPS) is 10.3. The van der Waals surface area contributed by atoms with Crippen LogP contribution in [0.2, 0.25) is 0 Å². The van der Waals surface area contributed by atoms with E-state index >= 15 is 0 Å². The Kier molecular flexibility index (Phi) is 4.06. The molecule has 2 rings (SSSR count). The zero-order valence-electron chi connectivity index (χ0n) is 10.3. The van der Waals surface area contributed by atoms with Crippen LogP contribution in [0.3, 0.4) is 0 Å². The number of aromatic amines is 1. The molecule has 1 amide bonds. The van der Waals surface area contributed by atoms with Crippen LogP contribution in [0.1, 0.15) is 30.1 Å². The van der Waals surface area contributed by atoms with Gasteiger partial charge in [0, 0.05) is 17.7 Å². The number of nitrogens with one attached hydrogen (secondary N) is 2. The Morgan fingerprint density at radius 1 is 1.44 bits per heavy atom. The standard InChI is InChI=1S/C13H16N4O/c1-2-3-7-14-13(18)11-6-4-5-10(8-11)12-15-9-16-17-12/h4-6,8-9H,2-3,7H2,1H3,(H,14,18)(H,15,16,17). The summed E-state index contributed by atoms with van der Waals surface area (Å²) in [5.41, 5.74) is 1.50. The molecule has 0 bridgehead atoms. The third-order valence-electron chi connectivity index (χ3n) is 2.63. The molecular formula is C13H16N4O. The van der Waals surface area contributed by atoms with E-state index < -0.39 is 0 Å². The molecule has 0 aliphatic rings. The van der Waals surface area contributed by atoms with E-state index in [0.717, 1.165) is 18.4 Å². The summed E-state index contributed by atoms with van der Waals surface area (Å²) in [6.45, 7) is 2.80. The molecule has 0 atom stereocenters. The van der Waals surface area contributed by atoms with E-state index in [4.69, 9.17) is 0 Å².